The van der Waals surface area contributed by atoms with Gasteiger partial charge in [0.25, 0.3) is 0 Å². The van der Waals surface area contributed by atoms with Crippen LogP contribution in [0.25, 0.3) is 0 Å². The number of hydrogen-bond donors (Lipinski definition) is 1. The van der Waals surface area contributed by atoms with Gasteiger partial charge in [0.15, 0.2) is 17.7 Å². The molecule has 5 atom stereocenters. The highest BCUT2D eigenvalue weighted by molar-refractivity contribution is 5.94. The van der Waals surface area contributed by atoms with Gasteiger partial charge in [-0.2, -0.15) is 0 Å². The van der Waals surface area contributed by atoms with Gasteiger partial charge in [-0.15, -0.1) is 0 Å². The summed E-state index contributed by atoms with van der Waals surface area (Å²) in [6.07, 6.45) is 7.47. The van der Waals surface area contributed by atoms with Crippen molar-refractivity contribution in [1.29, 1.82) is 0 Å². The summed E-state index contributed by atoms with van der Waals surface area (Å²) in [7, 11) is 2.36. The van der Waals surface area contributed by atoms with Crippen LogP contribution in [0.3, 0.4) is 0 Å². The molecule has 190 valence electrons. The third-order valence-corrected chi connectivity index (χ3v) is 6.92. The van der Waals surface area contributed by atoms with E-state index in [4.69, 9.17) is 23.4 Å². The van der Waals surface area contributed by atoms with Crippen molar-refractivity contribution in [3.05, 3.63) is 24.2 Å². The molecule has 2 saturated heterocycles. The quantitative estimate of drug-likeness (QED) is 0.353. The zero-order valence-electron chi connectivity index (χ0n) is 20.2. The van der Waals surface area contributed by atoms with Crippen LogP contribution in [0.1, 0.15) is 82.8 Å². The van der Waals surface area contributed by atoms with Crippen LogP contribution in [0, 0.1) is 5.92 Å². The molecule has 2 aliphatic heterocycles. The van der Waals surface area contributed by atoms with Crippen LogP contribution >= 0.6 is 0 Å². The molecule has 3 rings (SSSR count). The summed E-state index contributed by atoms with van der Waals surface area (Å²) in [6.45, 7) is 2.17. The molecule has 2 unspecified atom stereocenters. The van der Waals surface area contributed by atoms with E-state index in [0.29, 0.717) is 12.2 Å². The lowest BCUT2D eigenvalue weighted by molar-refractivity contribution is -0.266. The Balaban J connectivity index is 1.79. The number of ether oxygens (including phenoxy) is 4. The van der Waals surface area contributed by atoms with Gasteiger partial charge in [0, 0.05) is 6.42 Å². The first-order chi connectivity index (χ1) is 16.3. The largest absolute Gasteiger partial charge is 0.469 e. The predicted octanol–water partition coefficient (Wildman–Crippen LogP) is 3.63. The molecular weight excluding hydrogens is 444 g/mol. The minimum absolute atomic E-state index is 0.101. The molecule has 0 aliphatic carbocycles. The van der Waals surface area contributed by atoms with E-state index in [9.17, 15) is 19.5 Å². The highest BCUT2D eigenvalue weighted by atomic mass is 16.8. The standard InChI is InChI=1S/C25H36O9/c1-4-5-6-7-8-9-10-12-17-21(27)25(33-22(17)28)15-18(19-13-11-14-32-19)24(34-25,23(29)31-3)16-20(26)30-2/h11,13-14,17-18,22,28H,4-10,12,15-16H2,1-3H3/t17?,18-,22?,24+,25-/m1/s1. The molecule has 0 bridgehead atoms. The third-order valence-electron chi connectivity index (χ3n) is 6.92. The van der Waals surface area contributed by atoms with Crippen molar-refractivity contribution in [3.63, 3.8) is 0 Å². The first kappa shape index (κ1) is 26.4. The Morgan fingerprint density at radius 3 is 2.44 bits per heavy atom. The van der Waals surface area contributed by atoms with Crippen LogP contribution in [0.15, 0.2) is 22.8 Å². The first-order valence-corrected chi connectivity index (χ1v) is 12.1. The van der Waals surface area contributed by atoms with Gasteiger partial charge in [0.05, 0.1) is 38.7 Å². The molecule has 1 spiro atoms. The molecule has 2 fully saturated rings. The van der Waals surface area contributed by atoms with E-state index in [-0.39, 0.29) is 6.42 Å². The average molecular weight is 481 g/mol. The van der Waals surface area contributed by atoms with Gasteiger partial charge in [-0.1, -0.05) is 51.9 Å². The smallest absolute Gasteiger partial charge is 0.339 e. The summed E-state index contributed by atoms with van der Waals surface area (Å²) < 4.78 is 27.1. The molecule has 1 N–H and O–H groups in total. The number of unbranched alkanes of at least 4 members (excludes halogenated alkanes) is 6. The van der Waals surface area contributed by atoms with Crippen molar-refractivity contribution in [3.8, 4) is 0 Å². The normalized spacial score (nSPS) is 30.7. The Hall–Kier alpha value is -2.23. The zero-order valence-corrected chi connectivity index (χ0v) is 20.2. The Morgan fingerprint density at radius 1 is 1.12 bits per heavy atom. The van der Waals surface area contributed by atoms with Gasteiger partial charge in [-0.25, -0.2) is 4.79 Å². The Morgan fingerprint density at radius 2 is 1.82 bits per heavy atom. The fraction of sp³-hybridized carbons (Fsp3) is 0.720. The van der Waals surface area contributed by atoms with Crippen LogP contribution < -0.4 is 0 Å². The Bertz CT molecular complexity index is 835. The number of methoxy groups -OCH3 is 2. The molecule has 1 aromatic heterocycles. The maximum absolute atomic E-state index is 13.5. The summed E-state index contributed by atoms with van der Waals surface area (Å²) in [4.78, 5) is 38.8. The number of carbonyl (C=O) groups is 3. The zero-order chi connectivity index (χ0) is 24.8. The third kappa shape index (κ3) is 5.21. The van der Waals surface area contributed by atoms with Crippen molar-refractivity contribution >= 4 is 17.7 Å². The minimum atomic E-state index is -1.90. The van der Waals surface area contributed by atoms with Crippen molar-refractivity contribution in [2.45, 2.75) is 94.7 Å². The molecular formula is C25H36O9. The van der Waals surface area contributed by atoms with Gasteiger partial charge in [-0.05, 0) is 18.6 Å². The SMILES string of the molecule is CCCCCCCCCC1C(=O)[C@]2(C[C@H](c3ccco3)[C@@](CC(=O)OC)(C(=O)OC)O2)OC1O. The van der Waals surface area contributed by atoms with Crippen LogP contribution in [0.5, 0.6) is 0 Å². The fourth-order valence-electron chi connectivity index (χ4n) is 5.10. The van der Waals surface area contributed by atoms with E-state index < -0.39 is 53.7 Å². The molecule has 1 aromatic rings. The first-order valence-electron chi connectivity index (χ1n) is 12.1. The number of aliphatic hydroxyl groups excluding tert-OH is 1. The number of aliphatic hydroxyl groups is 1. The van der Waals surface area contributed by atoms with Gasteiger partial charge < -0.3 is 28.5 Å². The van der Waals surface area contributed by atoms with Crippen LogP contribution in [0.4, 0.5) is 0 Å². The Labute approximate surface area is 200 Å². The van der Waals surface area contributed by atoms with Crippen molar-refractivity contribution < 1.29 is 42.9 Å². The molecule has 0 saturated carbocycles. The predicted molar refractivity (Wildman–Crippen MR) is 119 cm³/mol. The van der Waals surface area contributed by atoms with E-state index >= 15 is 0 Å². The number of rotatable bonds is 12. The molecule has 9 nitrogen and oxygen atoms in total. The molecule has 0 radical (unpaired) electrons. The number of esters is 2. The van der Waals surface area contributed by atoms with Crippen LogP contribution in [0.2, 0.25) is 0 Å². The molecule has 9 heteroatoms. The number of furan rings is 1. The number of Topliss-reactive ketones (excluding diaryl/α,β-unsaturated/α-hetero) is 1. The van der Waals surface area contributed by atoms with Crippen LogP contribution in [-0.2, 0) is 33.3 Å². The number of hydrogen-bond acceptors (Lipinski definition) is 9. The van der Waals surface area contributed by atoms with Gasteiger partial charge >= 0.3 is 11.9 Å². The molecule has 34 heavy (non-hydrogen) atoms. The van der Waals surface area contributed by atoms with Gasteiger partial charge in [-0.3, -0.25) is 9.59 Å². The summed E-state index contributed by atoms with van der Waals surface area (Å²) in [5.74, 6) is -5.18. The second kappa shape index (κ2) is 11.5. The number of ketones is 1. The molecule has 0 amide bonds. The summed E-state index contributed by atoms with van der Waals surface area (Å²) >= 11 is 0. The van der Waals surface area contributed by atoms with E-state index in [2.05, 4.69) is 6.92 Å². The van der Waals surface area contributed by atoms with E-state index in [1.807, 2.05) is 0 Å². The summed E-state index contributed by atoms with van der Waals surface area (Å²) in [5, 5.41) is 10.6. The van der Waals surface area contributed by atoms with Crippen molar-refractivity contribution in [2.75, 3.05) is 14.2 Å². The molecule has 2 aliphatic rings. The number of carbonyl (C=O) groups excluding carboxylic acids is 3. The average Bonchev–Trinajstić information content (AvgIpc) is 3.52. The second-order valence-electron chi connectivity index (χ2n) is 9.15. The summed E-state index contributed by atoms with van der Waals surface area (Å²) in [5.41, 5.74) is -1.90. The lowest BCUT2D eigenvalue weighted by Gasteiger charge is -2.30. The maximum Gasteiger partial charge on any atom is 0.339 e. The molecule has 3 heterocycles. The van der Waals surface area contributed by atoms with E-state index in [0.717, 1.165) is 25.7 Å². The van der Waals surface area contributed by atoms with Crippen molar-refractivity contribution in [2.24, 2.45) is 5.92 Å². The Kier molecular flexibility index (Phi) is 8.89. The lowest BCUT2D eigenvalue weighted by Crippen LogP contribution is -2.49. The van der Waals surface area contributed by atoms with Gasteiger partial charge in [0.2, 0.25) is 5.79 Å². The fourth-order valence-corrected chi connectivity index (χ4v) is 5.10. The summed E-state index contributed by atoms with van der Waals surface area (Å²) in [6, 6.07) is 3.27. The van der Waals surface area contributed by atoms with E-state index in [1.165, 1.54) is 39.7 Å². The minimum Gasteiger partial charge on any atom is -0.469 e. The highest BCUT2D eigenvalue weighted by Crippen LogP contribution is 2.55. The van der Waals surface area contributed by atoms with E-state index in [1.54, 1.807) is 12.1 Å². The lowest BCUT2D eigenvalue weighted by atomic mass is 9.81. The van der Waals surface area contributed by atoms with Crippen molar-refractivity contribution in [1.82, 2.24) is 0 Å². The molecule has 0 aromatic carbocycles. The second-order valence-corrected chi connectivity index (χ2v) is 9.15. The highest BCUT2D eigenvalue weighted by Gasteiger charge is 2.70. The topological polar surface area (TPSA) is 122 Å². The maximum atomic E-state index is 13.5. The van der Waals surface area contributed by atoms with Crippen LogP contribution in [-0.4, -0.2) is 54.7 Å². The van der Waals surface area contributed by atoms with Gasteiger partial charge in [0.1, 0.15) is 5.76 Å². The monoisotopic (exact) mass is 480 g/mol.